The number of aliphatic carboxylic acids is 1. The summed E-state index contributed by atoms with van der Waals surface area (Å²) in [6.07, 6.45) is 7.46. The van der Waals surface area contributed by atoms with E-state index in [9.17, 15) is 19.5 Å². The fourth-order valence-corrected chi connectivity index (χ4v) is 8.86. The van der Waals surface area contributed by atoms with Crippen LogP contribution in [0.25, 0.3) is 10.9 Å². The number of carboxylic acids is 1. The van der Waals surface area contributed by atoms with E-state index in [1.807, 2.05) is 60.8 Å². The summed E-state index contributed by atoms with van der Waals surface area (Å²) < 4.78 is 6.16. The van der Waals surface area contributed by atoms with E-state index in [-0.39, 0.29) is 25.0 Å². The van der Waals surface area contributed by atoms with Crippen LogP contribution in [-0.4, -0.2) is 57.2 Å². The fourth-order valence-electron chi connectivity index (χ4n) is 8.86. The molecule has 0 radical (unpaired) electrons. The number of benzene rings is 2. The summed E-state index contributed by atoms with van der Waals surface area (Å²) in [6, 6.07) is 16.6. The molecule has 1 saturated heterocycles. The van der Waals surface area contributed by atoms with E-state index in [1.54, 1.807) is 6.92 Å². The van der Waals surface area contributed by atoms with E-state index in [2.05, 4.69) is 10.3 Å². The average molecular weight is 570 g/mol. The molecule has 4 aliphatic carbocycles. The Bertz CT molecular complexity index is 1470. The fraction of sp³-hybridized carbons (Fsp3) is 0.500. The lowest BCUT2D eigenvalue weighted by molar-refractivity contribution is -0.151. The molecule has 1 aromatic heterocycles. The van der Waals surface area contributed by atoms with Crippen LogP contribution in [0.2, 0.25) is 0 Å². The third kappa shape index (κ3) is 4.84. The molecule has 1 aliphatic heterocycles. The zero-order valence-electron chi connectivity index (χ0n) is 24.0. The van der Waals surface area contributed by atoms with Gasteiger partial charge in [-0.15, -0.1) is 0 Å². The summed E-state index contributed by atoms with van der Waals surface area (Å²) in [5, 5.41) is 14.1. The number of amides is 2. The Hall–Kier alpha value is -3.81. The normalized spacial score (nSPS) is 31.2. The number of rotatable bonds is 7. The number of nitrogens with one attached hydrogen (secondary N) is 2. The van der Waals surface area contributed by atoms with Crippen molar-refractivity contribution < 1.29 is 24.2 Å². The molecule has 3 atom stereocenters. The van der Waals surface area contributed by atoms with Gasteiger partial charge in [-0.25, -0.2) is 9.59 Å². The summed E-state index contributed by atoms with van der Waals surface area (Å²) in [7, 11) is 0. The number of carboxylic acid groups (broad SMARTS) is 1. The standard InChI is InChI=1S/C34H39N3O5/c1-34(17-26-18-35-28-10-6-5-9-27(26)28,36-33(41)42-30-23-12-20-11-21(14-23)15-24(30)13-20)32(40)37-19-25(16-29(37)31(38)39)22-7-3-2-4-8-22/h2-10,18,20-21,23-25,29-30,35H,11-17,19H2,1H3,(H,36,41)(H,38,39)/t20?,21?,23?,24?,25-,29-,30?,34-/m1/s1. The van der Waals surface area contributed by atoms with Crippen LogP contribution in [0.1, 0.15) is 62.5 Å². The van der Waals surface area contributed by atoms with Crippen LogP contribution in [0, 0.1) is 23.7 Å². The van der Waals surface area contributed by atoms with E-state index < -0.39 is 29.6 Å². The first-order chi connectivity index (χ1) is 20.3. The summed E-state index contributed by atoms with van der Waals surface area (Å²) in [5.41, 5.74) is 1.41. The van der Waals surface area contributed by atoms with Gasteiger partial charge in [0.2, 0.25) is 5.91 Å². The highest BCUT2D eigenvalue weighted by molar-refractivity contribution is 5.94. The molecule has 0 unspecified atom stereocenters. The maximum Gasteiger partial charge on any atom is 0.408 e. The Kier molecular flexibility index (Phi) is 6.75. The molecule has 8 rings (SSSR count). The number of aromatic amines is 1. The van der Waals surface area contributed by atoms with Gasteiger partial charge >= 0.3 is 12.1 Å². The number of H-pyrrole nitrogens is 1. The molecule has 2 heterocycles. The van der Waals surface area contributed by atoms with Gasteiger partial charge in [-0.3, -0.25) is 4.79 Å². The Balaban J connectivity index is 1.17. The minimum absolute atomic E-state index is 0.103. The van der Waals surface area contributed by atoms with Gasteiger partial charge in [0.25, 0.3) is 0 Å². The third-order valence-electron chi connectivity index (χ3n) is 10.6. The topological polar surface area (TPSA) is 112 Å². The van der Waals surface area contributed by atoms with Gasteiger partial charge in [-0.1, -0.05) is 48.5 Å². The zero-order chi connectivity index (χ0) is 29.0. The van der Waals surface area contributed by atoms with E-state index >= 15 is 0 Å². The minimum atomic E-state index is -1.41. The van der Waals surface area contributed by atoms with Crippen molar-refractivity contribution in [3.63, 3.8) is 0 Å². The second kappa shape index (κ2) is 10.5. The van der Waals surface area contributed by atoms with Crippen LogP contribution in [0.5, 0.6) is 0 Å². The molecule has 8 nitrogen and oxygen atoms in total. The number of likely N-dealkylation sites (tertiary alicyclic amines) is 1. The number of alkyl carbamates (subject to hydrolysis) is 1. The highest BCUT2D eigenvalue weighted by Gasteiger charge is 2.51. The Morgan fingerprint density at radius 3 is 2.31 bits per heavy atom. The molecule has 42 heavy (non-hydrogen) atoms. The van der Waals surface area contributed by atoms with Crippen molar-refractivity contribution in [2.45, 2.75) is 75.5 Å². The lowest BCUT2D eigenvalue weighted by atomic mass is 9.55. The van der Waals surface area contributed by atoms with Gasteiger partial charge in [0.15, 0.2) is 0 Å². The van der Waals surface area contributed by atoms with Crippen LogP contribution in [0.4, 0.5) is 4.79 Å². The summed E-state index contributed by atoms with van der Waals surface area (Å²) in [5.74, 6) is 0.754. The number of carbonyl (C=O) groups is 3. The molecular weight excluding hydrogens is 530 g/mol. The number of para-hydroxylation sites is 1. The third-order valence-corrected chi connectivity index (χ3v) is 10.6. The van der Waals surface area contributed by atoms with Gasteiger partial charge in [-0.05, 0) is 86.3 Å². The predicted octanol–water partition coefficient (Wildman–Crippen LogP) is 5.49. The quantitative estimate of drug-likeness (QED) is 0.349. The van der Waals surface area contributed by atoms with Crippen molar-refractivity contribution in [2.75, 3.05) is 6.54 Å². The molecule has 220 valence electrons. The molecule has 8 heteroatoms. The van der Waals surface area contributed by atoms with E-state index in [4.69, 9.17) is 4.74 Å². The first-order valence-electron chi connectivity index (χ1n) is 15.4. The maximum atomic E-state index is 14.5. The molecule has 0 spiro atoms. The van der Waals surface area contributed by atoms with Gasteiger partial charge in [0.1, 0.15) is 17.7 Å². The monoisotopic (exact) mass is 569 g/mol. The second-order valence-electron chi connectivity index (χ2n) is 13.4. The minimum Gasteiger partial charge on any atom is -0.480 e. The van der Waals surface area contributed by atoms with Crippen molar-refractivity contribution in [1.29, 1.82) is 0 Å². The largest absolute Gasteiger partial charge is 0.480 e. The number of hydrogen-bond donors (Lipinski definition) is 3. The molecule has 5 fully saturated rings. The second-order valence-corrected chi connectivity index (χ2v) is 13.4. The van der Waals surface area contributed by atoms with E-state index in [1.165, 1.54) is 11.3 Å². The molecular formula is C34H39N3O5. The van der Waals surface area contributed by atoms with Crippen LogP contribution < -0.4 is 5.32 Å². The highest BCUT2D eigenvalue weighted by Crippen LogP contribution is 2.54. The van der Waals surface area contributed by atoms with Crippen LogP contribution in [0.15, 0.2) is 60.8 Å². The van der Waals surface area contributed by atoms with E-state index in [0.717, 1.165) is 59.5 Å². The number of hydrogen-bond acceptors (Lipinski definition) is 4. The first kappa shape index (κ1) is 27.0. The van der Waals surface area contributed by atoms with Crippen molar-refractivity contribution in [3.05, 3.63) is 71.9 Å². The van der Waals surface area contributed by atoms with Gasteiger partial charge in [0.05, 0.1) is 0 Å². The van der Waals surface area contributed by atoms with Crippen molar-refractivity contribution in [1.82, 2.24) is 15.2 Å². The molecule has 3 aromatic rings. The van der Waals surface area contributed by atoms with Crippen LogP contribution in [0.3, 0.4) is 0 Å². The lowest BCUT2D eigenvalue weighted by Crippen LogP contribution is -2.61. The van der Waals surface area contributed by atoms with Crippen molar-refractivity contribution in [2.24, 2.45) is 23.7 Å². The first-order valence-corrected chi connectivity index (χ1v) is 15.4. The maximum absolute atomic E-state index is 14.5. The van der Waals surface area contributed by atoms with Crippen molar-refractivity contribution >= 4 is 28.9 Å². The smallest absolute Gasteiger partial charge is 0.408 e. The highest BCUT2D eigenvalue weighted by atomic mass is 16.6. The number of carbonyl (C=O) groups excluding carboxylic acids is 2. The number of ether oxygens (including phenoxy) is 1. The van der Waals surface area contributed by atoms with Gasteiger partial charge in [-0.2, -0.15) is 0 Å². The Morgan fingerprint density at radius 2 is 1.62 bits per heavy atom. The summed E-state index contributed by atoms with van der Waals surface area (Å²) in [4.78, 5) is 45.3. The van der Waals surface area contributed by atoms with Gasteiger partial charge < -0.3 is 25.0 Å². The SMILES string of the molecule is C[C@](Cc1c[nH]c2ccccc12)(NC(=O)OC1C2CC3CC(C2)CC1C3)C(=O)N1C[C@H](c2ccccc2)C[C@@H]1C(=O)O. The van der Waals surface area contributed by atoms with Gasteiger partial charge in [0, 0.05) is 36.0 Å². The van der Waals surface area contributed by atoms with Crippen LogP contribution >= 0.6 is 0 Å². The molecule has 4 bridgehead atoms. The number of fused-ring (bicyclic) bond motifs is 1. The molecule has 2 aromatic carbocycles. The summed E-state index contributed by atoms with van der Waals surface area (Å²) >= 11 is 0. The Morgan fingerprint density at radius 1 is 0.952 bits per heavy atom. The molecule has 5 aliphatic rings. The summed E-state index contributed by atoms with van der Waals surface area (Å²) in [6.45, 7) is 1.99. The number of nitrogens with zero attached hydrogens (tertiary/aromatic N) is 1. The predicted molar refractivity (Wildman–Crippen MR) is 158 cm³/mol. The van der Waals surface area contributed by atoms with Crippen molar-refractivity contribution in [3.8, 4) is 0 Å². The lowest BCUT2D eigenvalue weighted by Gasteiger charge is -2.53. The average Bonchev–Trinajstić information content (AvgIpc) is 3.60. The molecule has 4 saturated carbocycles. The Labute approximate surface area is 245 Å². The molecule has 2 amide bonds. The molecule has 3 N–H and O–H groups in total. The van der Waals surface area contributed by atoms with Crippen LogP contribution in [-0.2, 0) is 20.7 Å². The zero-order valence-corrected chi connectivity index (χ0v) is 24.0. The van der Waals surface area contributed by atoms with E-state index in [0.29, 0.717) is 18.3 Å². The number of aromatic nitrogens is 1.